The zero-order valence-corrected chi connectivity index (χ0v) is 13.0. The third-order valence-electron chi connectivity index (χ3n) is 4.06. The first kappa shape index (κ1) is 15.8. The average molecular weight is 299 g/mol. The monoisotopic (exact) mass is 299 g/mol. The molecule has 2 rings (SSSR count). The smallest absolute Gasteiger partial charge is 0.126 e. The fraction of sp³-hybridized carbons (Fsp3) is 0.600. The van der Waals surface area contributed by atoms with Crippen LogP contribution in [0.25, 0.3) is 0 Å². The molecule has 20 heavy (non-hydrogen) atoms. The van der Waals surface area contributed by atoms with Crippen molar-refractivity contribution in [2.75, 3.05) is 26.8 Å². The Labute approximate surface area is 122 Å². The molecule has 1 aliphatic heterocycles. The Balaban J connectivity index is 1.98. The summed E-state index contributed by atoms with van der Waals surface area (Å²) in [6.45, 7) is 1.71. The van der Waals surface area contributed by atoms with Crippen LogP contribution in [0.3, 0.4) is 0 Å². The van der Waals surface area contributed by atoms with Crippen molar-refractivity contribution >= 4 is 14.5 Å². The van der Waals surface area contributed by atoms with Crippen LogP contribution < -0.4 is 5.30 Å². The number of halogens is 1. The number of benzene rings is 1. The van der Waals surface area contributed by atoms with Gasteiger partial charge in [-0.15, -0.1) is 9.24 Å². The van der Waals surface area contributed by atoms with E-state index in [9.17, 15) is 9.50 Å². The molecule has 1 unspecified atom stereocenters. The summed E-state index contributed by atoms with van der Waals surface area (Å²) in [4.78, 5) is 2.21. The van der Waals surface area contributed by atoms with Crippen molar-refractivity contribution in [3.8, 4) is 0 Å². The normalized spacial score (nSPS) is 24.0. The zero-order chi connectivity index (χ0) is 14.5. The summed E-state index contributed by atoms with van der Waals surface area (Å²) < 4.78 is 19.2. The maximum Gasteiger partial charge on any atom is 0.126 e. The molecule has 1 aromatic carbocycles. The Bertz CT molecular complexity index is 444. The molecule has 0 bridgehead atoms. The van der Waals surface area contributed by atoms with E-state index in [-0.39, 0.29) is 24.6 Å². The minimum atomic E-state index is -0.156. The van der Waals surface area contributed by atoms with Gasteiger partial charge in [-0.25, -0.2) is 4.39 Å². The Morgan fingerprint density at radius 2 is 2.25 bits per heavy atom. The number of methoxy groups -OCH3 is 1. The van der Waals surface area contributed by atoms with Crippen LogP contribution in [0.4, 0.5) is 4.39 Å². The molecular formula is C15H23FNO2P. The van der Waals surface area contributed by atoms with E-state index in [4.69, 9.17) is 4.74 Å². The van der Waals surface area contributed by atoms with Gasteiger partial charge in [0, 0.05) is 26.2 Å². The minimum Gasteiger partial charge on any atom is -0.395 e. The summed E-state index contributed by atoms with van der Waals surface area (Å²) in [6.07, 6.45) is 2.78. The SMILES string of the molecule is CO[C@@H]1CC[C@H](CO)N(CCc2cc(P)ccc2F)C1. The Kier molecular flexibility index (Phi) is 5.91. The lowest BCUT2D eigenvalue weighted by Gasteiger charge is -2.38. The van der Waals surface area contributed by atoms with E-state index in [1.807, 2.05) is 6.07 Å². The fourth-order valence-electron chi connectivity index (χ4n) is 2.79. The highest BCUT2D eigenvalue weighted by molar-refractivity contribution is 7.27. The number of ether oxygens (including phenoxy) is 1. The van der Waals surface area contributed by atoms with Crippen LogP contribution in [-0.4, -0.2) is 49.0 Å². The van der Waals surface area contributed by atoms with E-state index in [0.29, 0.717) is 6.42 Å². The number of rotatable bonds is 5. The Morgan fingerprint density at radius 1 is 1.45 bits per heavy atom. The van der Waals surface area contributed by atoms with E-state index in [0.717, 1.165) is 36.8 Å². The van der Waals surface area contributed by atoms with Crippen molar-refractivity contribution < 1.29 is 14.2 Å². The molecule has 1 aliphatic rings. The molecule has 1 N–H and O–H groups in total. The molecule has 1 aromatic rings. The lowest BCUT2D eigenvalue weighted by molar-refractivity contribution is -0.00879. The predicted octanol–water partition coefficient (Wildman–Crippen LogP) is 1.34. The minimum absolute atomic E-state index is 0.155. The van der Waals surface area contributed by atoms with E-state index in [2.05, 4.69) is 14.1 Å². The summed E-state index contributed by atoms with van der Waals surface area (Å²) in [6, 6.07) is 5.30. The van der Waals surface area contributed by atoms with Gasteiger partial charge in [-0.2, -0.15) is 0 Å². The molecule has 3 atom stereocenters. The molecule has 1 heterocycles. The van der Waals surface area contributed by atoms with Crippen molar-refractivity contribution in [3.05, 3.63) is 29.6 Å². The maximum absolute atomic E-state index is 13.7. The van der Waals surface area contributed by atoms with Crippen LogP contribution in [0.5, 0.6) is 0 Å². The quantitative estimate of drug-likeness (QED) is 0.833. The molecule has 0 radical (unpaired) electrons. The largest absolute Gasteiger partial charge is 0.395 e. The highest BCUT2D eigenvalue weighted by Crippen LogP contribution is 2.20. The Morgan fingerprint density at radius 3 is 2.95 bits per heavy atom. The first-order chi connectivity index (χ1) is 9.63. The second-order valence-electron chi connectivity index (χ2n) is 5.37. The lowest BCUT2D eigenvalue weighted by Crippen LogP contribution is -2.48. The summed E-state index contributed by atoms with van der Waals surface area (Å²) in [5.74, 6) is -0.156. The van der Waals surface area contributed by atoms with Gasteiger partial charge in [-0.05, 0) is 42.3 Å². The van der Waals surface area contributed by atoms with E-state index in [1.165, 1.54) is 6.07 Å². The zero-order valence-electron chi connectivity index (χ0n) is 11.9. The van der Waals surface area contributed by atoms with Crippen LogP contribution in [0.1, 0.15) is 18.4 Å². The maximum atomic E-state index is 13.7. The molecule has 0 aliphatic carbocycles. The van der Waals surface area contributed by atoms with E-state index >= 15 is 0 Å². The second-order valence-corrected chi connectivity index (χ2v) is 6.03. The molecule has 3 nitrogen and oxygen atoms in total. The summed E-state index contributed by atoms with van der Waals surface area (Å²) >= 11 is 0. The average Bonchev–Trinajstić information content (AvgIpc) is 2.47. The molecule has 1 saturated heterocycles. The molecule has 0 spiro atoms. The van der Waals surface area contributed by atoms with E-state index < -0.39 is 0 Å². The van der Waals surface area contributed by atoms with Gasteiger partial charge in [-0.3, -0.25) is 4.90 Å². The van der Waals surface area contributed by atoms with Gasteiger partial charge in [0.05, 0.1) is 12.7 Å². The highest BCUT2D eigenvalue weighted by Gasteiger charge is 2.27. The molecule has 112 valence electrons. The molecular weight excluding hydrogens is 276 g/mol. The third-order valence-corrected chi connectivity index (χ3v) is 4.42. The third kappa shape index (κ3) is 3.98. The molecule has 1 fully saturated rings. The van der Waals surface area contributed by atoms with Crippen LogP contribution in [0, 0.1) is 5.82 Å². The van der Waals surface area contributed by atoms with Gasteiger partial charge in [0.2, 0.25) is 0 Å². The number of piperidine rings is 1. The molecule has 0 amide bonds. The van der Waals surface area contributed by atoms with Crippen LogP contribution >= 0.6 is 9.24 Å². The van der Waals surface area contributed by atoms with Gasteiger partial charge in [0.1, 0.15) is 5.82 Å². The summed E-state index contributed by atoms with van der Waals surface area (Å²) in [5, 5.41) is 10.5. The van der Waals surface area contributed by atoms with Crippen molar-refractivity contribution in [1.29, 1.82) is 0 Å². The van der Waals surface area contributed by atoms with E-state index in [1.54, 1.807) is 13.2 Å². The summed E-state index contributed by atoms with van der Waals surface area (Å²) in [5.41, 5.74) is 0.730. The van der Waals surface area contributed by atoms with Gasteiger partial charge in [0.25, 0.3) is 0 Å². The van der Waals surface area contributed by atoms with Gasteiger partial charge < -0.3 is 9.84 Å². The first-order valence-corrected chi connectivity index (χ1v) is 7.63. The Hall–Kier alpha value is -0.540. The number of hydrogen-bond acceptors (Lipinski definition) is 3. The number of hydrogen-bond donors (Lipinski definition) is 1. The first-order valence-electron chi connectivity index (χ1n) is 7.05. The second kappa shape index (κ2) is 7.46. The number of aliphatic hydroxyl groups is 1. The molecule has 5 heteroatoms. The standard InChI is InChI=1S/C15H23FNO2P/c1-19-13-3-2-12(10-18)17(9-13)7-6-11-8-14(20)4-5-15(11)16/h4-5,8,12-13,18H,2-3,6-7,9-10,20H2,1H3/t12-,13-/m1/s1. The van der Waals surface area contributed by atoms with Crippen molar-refractivity contribution in [2.45, 2.75) is 31.4 Å². The van der Waals surface area contributed by atoms with Crippen molar-refractivity contribution in [2.24, 2.45) is 0 Å². The van der Waals surface area contributed by atoms with Crippen LogP contribution in [0.2, 0.25) is 0 Å². The fourth-order valence-corrected chi connectivity index (χ4v) is 3.08. The highest BCUT2D eigenvalue weighted by atomic mass is 31.0. The van der Waals surface area contributed by atoms with Gasteiger partial charge in [0.15, 0.2) is 0 Å². The number of likely N-dealkylation sites (tertiary alicyclic amines) is 1. The topological polar surface area (TPSA) is 32.7 Å². The van der Waals surface area contributed by atoms with Gasteiger partial charge >= 0.3 is 0 Å². The lowest BCUT2D eigenvalue weighted by atomic mass is 9.99. The molecule has 0 saturated carbocycles. The van der Waals surface area contributed by atoms with Gasteiger partial charge in [-0.1, -0.05) is 6.07 Å². The molecule has 0 aromatic heterocycles. The van der Waals surface area contributed by atoms with Crippen molar-refractivity contribution in [3.63, 3.8) is 0 Å². The summed E-state index contributed by atoms with van der Waals surface area (Å²) in [7, 11) is 4.32. The number of aliphatic hydroxyl groups excluding tert-OH is 1. The van der Waals surface area contributed by atoms with Crippen LogP contribution in [0.15, 0.2) is 18.2 Å². The number of nitrogens with zero attached hydrogens (tertiary/aromatic N) is 1. The predicted molar refractivity (Wildman–Crippen MR) is 81.9 cm³/mol. The van der Waals surface area contributed by atoms with Crippen molar-refractivity contribution in [1.82, 2.24) is 4.90 Å². The van der Waals surface area contributed by atoms with Crippen LogP contribution in [-0.2, 0) is 11.2 Å².